The summed E-state index contributed by atoms with van der Waals surface area (Å²) < 4.78 is 10.9. The number of nitrogens with zero attached hydrogens (tertiary/aromatic N) is 1. The van der Waals surface area contributed by atoms with E-state index < -0.39 is 17.8 Å². The molecule has 0 saturated carbocycles. The Morgan fingerprint density at radius 2 is 2.00 bits per heavy atom. The molecule has 8 nitrogen and oxygen atoms in total. The average molecular weight is 506 g/mol. The summed E-state index contributed by atoms with van der Waals surface area (Å²) in [5, 5.41) is 12.0. The first kappa shape index (κ1) is 21.4. The van der Waals surface area contributed by atoms with Gasteiger partial charge in [-0.25, -0.2) is 9.59 Å². The van der Waals surface area contributed by atoms with E-state index >= 15 is 0 Å². The zero-order valence-electron chi connectivity index (χ0n) is 14.7. The van der Waals surface area contributed by atoms with Gasteiger partial charge >= 0.3 is 11.9 Å². The fraction of sp³-hybridized carbons (Fsp3) is 0.353. The smallest absolute Gasteiger partial charge is 0.340 e. The van der Waals surface area contributed by atoms with Crippen molar-refractivity contribution in [3.63, 3.8) is 0 Å². The number of carbonyl (C=O) groups excluding carboxylic acids is 3. The van der Waals surface area contributed by atoms with E-state index in [0.29, 0.717) is 8.95 Å². The third kappa shape index (κ3) is 4.69. The number of benzene rings is 1. The van der Waals surface area contributed by atoms with Crippen LogP contribution in [0.2, 0.25) is 0 Å². The van der Waals surface area contributed by atoms with Crippen LogP contribution in [0.3, 0.4) is 0 Å². The molecule has 146 valence electrons. The predicted molar refractivity (Wildman–Crippen MR) is 104 cm³/mol. The molecule has 1 aromatic carbocycles. The van der Waals surface area contributed by atoms with Gasteiger partial charge in [-0.3, -0.25) is 4.79 Å². The maximum absolute atomic E-state index is 12.7. The van der Waals surface area contributed by atoms with E-state index in [0.717, 1.165) is 0 Å². The third-order valence-electron chi connectivity index (χ3n) is 3.75. The van der Waals surface area contributed by atoms with Crippen molar-refractivity contribution in [1.29, 1.82) is 0 Å². The molecule has 0 aromatic heterocycles. The van der Waals surface area contributed by atoms with E-state index in [1.54, 1.807) is 19.1 Å². The number of hydrogen-bond acceptors (Lipinski definition) is 7. The third-order valence-corrected chi connectivity index (χ3v) is 4.84. The fourth-order valence-corrected chi connectivity index (χ4v) is 3.87. The van der Waals surface area contributed by atoms with E-state index in [4.69, 9.17) is 14.6 Å². The minimum absolute atomic E-state index is 0.00269. The lowest BCUT2D eigenvalue weighted by Gasteiger charge is -2.17. The second kappa shape index (κ2) is 9.34. The Balaban J connectivity index is 2.51. The molecule has 0 bridgehead atoms. The maximum Gasteiger partial charge on any atom is 0.340 e. The number of aliphatic hydroxyl groups is 1. The molecule has 0 fully saturated rings. The second-order valence-corrected chi connectivity index (χ2v) is 7.22. The van der Waals surface area contributed by atoms with Gasteiger partial charge < -0.3 is 24.8 Å². The van der Waals surface area contributed by atoms with E-state index in [1.807, 2.05) is 0 Å². The minimum Gasteiger partial charge on any atom is -0.466 e. The van der Waals surface area contributed by atoms with Gasteiger partial charge in [0, 0.05) is 15.5 Å². The van der Waals surface area contributed by atoms with Crippen LogP contribution in [0.4, 0.5) is 5.69 Å². The number of hydrogen-bond donors (Lipinski definition) is 2. The van der Waals surface area contributed by atoms with Gasteiger partial charge in [-0.2, -0.15) is 0 Å². The summed E-state index contributed by atoms with van der Waals surface area (Å²) in [5.74, 6) is -1.73. The topological polar surface area (TPSA) is 105 Å². The predicted octanol–water partition coefficient (Wildman–Crippen LogP) is 2.06. The average Bonchev–Trinajstić information content (AvgIpc) is 2.93. The Labute approximate surface area is 172 Å². The first-order valence-corrected chi connectivity index (χ1v) is 9.57. The summed E-state index contributed by atoms with van der Waals surface area (Å²) in [6.45, 7) is 1.68. The highest BCUT2D eigenvalue weighted by atomic mass is 79.9. The van der Waals surface area contributed by atoms with Crippen LogP contribution in [-0.2, 0) is 19.1 Å². The summed E-state index contributed by atoms with van der Waals surface area (Å²) in [4.78, 5) is 38.4. The van der Waals surface area contributed by atoms with Crippen LogP contribution >= 0.6 is 31.9 Å². The number of ether oxygens (including phenoxy) is 2. The SMILES string of the molecule is CCOC(=O)c1cc(Br)cc(Br)c1NC1=C(C(=O)OC)CN(CCO)C1=O. The first-order valence-electron chi connectivity index (χ1n) is 7.98. The zero-order chi connectivity index (χ0) is 20.1. The van der Waals surface area contributed by atoms with Gasteiger partial charge in [-0.15, -0.1) is 0 Å². The van der Waals surface area contributed by atoms with Crippen molar-refractivity contribution in [2.24, 2.45) is 0 Å². The van der Waals surface area contributed by atoms with Crippen LogP contribution in [0.25, 0.3) is 0 Å². The van der Waals surface area contributed by atoms with Crippen LogP contribution in [0.15, 0.2) is 32.3 Å². The number of amides is 1. The molecule has 2 N–H and O–H groups in total. The zero-order valence-corrected chi connectivity index (χ0v) is 17.8. The fourth-order valence-electron chi connectivity index (χ4n) is 2.54. The van der Waals surface area contributed by atoms with E-state index in [1.165, 1.54) is 12.0 Å². The van der Waals surface area contributed by atoms with Gasteiger partial charge in [0.15, 0.2) is 0 Å². The highest BCUT2D eigenvalue weighted by molar-refractivity contribution is 9.11. The van der Waals surface area contributed by atoms with Crippen molar-refractivity contribution in [2.75, 3.05) is 38.7 Å². The lowest BCUT2D eigenvalue weighted by atomic mass is 10.1. The Bertz CT molecular complexity index is 809. The van der Waals surface area contributed by atoms with Crippen molar-refractivity contribution < 1.29 is 29.0 Å². The molecule has 0 aliphatic carbocycles. The summed E-state index contributed by atoms with van der Waals surface area (Å²) in [7, 11) is 1.21. The minimum atomic E-state index is -0.669. The first-order chi connectivity index (χ1) is 12.8. The molecule has 1 aliphatic heterocycles. The largest absolute Gasteiger partial charge is 0.466 e. The Kier molecular flexibility index (Phi) is 7.40. The second-order valence-electron chi connectivity index (χ2n) is 5.45. The van der Waals surface area contributed by atoms with E-state index in [2.05, 4.69) is 37.2 Å². The number of halogens is 2. The summed E-state index contributed by atoms with van der Waals surface area (Å²) in [6.07, 6.45) is 0. The molecule has 0 radical (unpaired) electrons. The van der Waals surface area contributed by atoms with Crippen LogP contribution < -0.4 is 5.32 Å². The lowest BCUT2D eigenvalue weighted by Crippen LogP contribution is -2.31. The molecule has 1 amide bonds. The van der Waals surface area contributed by atoms with Gasteiger partial charge in [0.2, 0.25) is 0 Å². The highest BCUT2D eigenvalue weighted by Crippen LogP contribution is 2.34. The number of esters is 2. The molecular weight excluding hydrogens is 488 g/mol. The van der Waals surface area contributed by atoms with Crippen molar-refractivity contribution in [2.45, 2.75) is 6.92 Å². The van der Waals surface area contributed by atoms with Gasteiger partial charge in [-0.1, -0.05) is 15.9 Å². The normalized spacial score (nSPS) is 13.8. The van der Waals surface area contributed by atoms with Crippen LogP contribution in [0, 0.1) is 0 Å². The molecule has 0 saturated heterocycles. The summed E-state index contributed by atoms with van der Waals surface area (Å²) in [5.41, 5.74) is 0.569. The highest BCUT2D eigenvalue weighted by Gasteiger charge is 2.35. The molecule has 27 heavy (non-hydrogen) atoms. The van der Waals surface area contributed by atoms with Crippen molar-refractivity contribution in [3.8, 4) is 0 Å². The molecule has 10 heteroatoms. The van der Waals surface area contributed by atoms with E-state index in [9.17, 15) is 14.4 Å². The van der Waals surface area contributed by atoms with Crippen molar-refractivity contribution in [3.05, 3.63) is 37.9 Å². The molecule has 0 unspecified atom stereocenters. The van der Waals surface area contributed by atoms with Gasteiger partial charge in [0.25, 0.3) is 5.91 Å². The number of nitrogens with one attached hydrogen (secondary N) is 1. The van der Waals surface area contributed by atoms with Gasteiger partial charge in [0.1, 0.15) is 5.70 Å². The van der Waals surface area contributed by atoms with Crippen molar-refractivity contribution in [1.82, 2.24) is 4.90 Å². The van der Waals surface area contributed by atoms with Crippen LogP contribution in [0.5, 0.6) is 0 Å². The molecule has 1 heterocycles. The Hall–Kier alpha value is -1.91. The number of anilines is 1. The number of aliphatic hydroxyl groups excluding tert-OH is 1. The monoisotopic (exact) mass is 504 g/mol. The standard InChI is InChI=1S/C17H18Br2N2O6/c1-3-27-17(25)10-6-9(18)7-12(19)13(10)20-14-11(16(24)26-2)8-21(4-5-22)15(14)23/h6-7,20,22H,3-5,8H2,1-2H3. The molecule has 2 rings (SSSR count). The van der Waals surface area contributed by atoms with Gasteiger partial charge in [-0.05, 0) is 35.0 Å². The summed E-state index contributed by atoms with van der Waals surface area (Å²) >= 11 is 6.67. The molecule has 1 aliphatic rings. The van der Waals surface area contributed by atoms with E-state index in [-0.39, 0.29) is 48.8 Å². The van der Waals surface area contributed by atoms with Crippen molar-refractivity contribution >= 4 is 55.4 Å². The molecule has 0 atom stereocenters. The number of carbonyl (C=O) groups is 3. The van der Waals surface area contributed by atoms with Crippen LogP contribution in [0.1, 0.15) is 17.3 Å². The quantitative estimate of drug-likeness (QED) is 0.546. The summed E-state index contributed by atoms with van der Waals surface area (Å²) in [6, 6.07) is 3.24. The van der Waals surface area contributed by atoms with Gasteiger partial charge in [0.05, 0.1) is 43.7 Å². The number of rotatable bonds is 7. The lowest BCUT2D eigenvalue weighted by molar-refractivity contribution is -0.136. The number of β-amino-alcohol motifs (C(OH)–C–C–N with tert-alkyl or cyclic N) is 1. The van der Waals surface area contributed by atoms with Crippen LogP contribution in [-0.4, -0.2) is 61.3 Å². The molecule has 1 aromatic rings. The molecular formula is C17H18Br2N2O6. The Morgan fingerprint density at radius 1 is 1.30 bits per heavy atom. The maximum atomic E-state index is 12.7. The Morgan fingerprint density at radius 3 is 2.59 bits per heavy atom. The molecule has 0 spiro atoms. The number of methoxy groups -OCH3 is 1.